The zero-order valence-electron chi connectivity index (χ0n) is 17.1. The third kappa shape index (κ3) is 2.09. The number of hydrogen-bond donors (Lipinski definition) is 4. The minimum absolute atomic E-state index is 0.0153. The van der Waals surface area contributed by atoms with Gasteiger partial charge in [0.1, 0.15) is 0 Å². The molecule has 0 aromatic carbocycles. The molecule has 2 heterocycles. The van der Waals surface area contributed by atoms with Gasteiger partial charge in [0.2, 0.25) is 0 Å². The van der Waals surface area contributed by atoms with Crippen LogP contribution in [0.5, 0.6) is 23.5 Å². The lowest BCUT2D eigenvalue weighted by molar-refractivity contribution is 0.0780. The van der Waals surface area contributed by atoms with E-state index < -0.39 is 0 Å². The Bertz CT molecular complexity index is 942. The van der Waals surface area contributed by atoms with Gasteiger partial charge in [-0.3, -0.25) is 9.13 Å². The summed E-state index contributed by atoms with van der Waals surface area (Å²) in [5.74, 6) is 0.00210. The number of fused-ring (bicyclic) bond motifs is 8. The smallest absolute Gasteiger partial charge is 0.198 e. The molecule has 152 valence electrons. The zero-order chi connectivity index (χ0) is 20.2. The second kappa shape index (κ2) is 5.22. The van der Waals surface area contributed by atoms with Crippen molar-refractivity contribution in [2.24, 2.45) is 17.9 Å². The van der Waals surface area contributed by atoms with Crippen molar-refractivity contribution < 1.29 is 20.4 Å². The molecular formula is C22H30N2O4. The molecule has 0 amide bonds. The third-order valence-electron chi connectivity index (χ3n) is 7.64. The summed E-state index contributed by atoms with van der Waals surface area (Å²) in [6.07, 6.45) is 5.18. The average molecular weight is 386 g/mol. The van der Waals surface area contributed by atoms with Crippen LogP contribution in [-0.2, 0) is 13.6 Å². The lowest BCUT2D eigenvalue weighted by atomic mass is 9.64. The predicted octanol–water partition coefficient (Wildman–Crippen LogP) is 4.24. The maximum atomic E-state index is 11.1. The highest BCUT2D eigenvalue weighted by Gasteiger charge is 2.52. The van der Waals surface area contributed by atoms with Gasteiger partial charge >= 0.3 is 0 Å². The standard InChI is InChI=1S/C22H30N2O4/c1-21(2)6-5-7-22(3,9-21)10-24-19(27)15-11-8-12(16(15)20(24)28)14-13(11)17(25)23(4)18(14)26/h11-12,25-28H,5-10H2,1-4H3. The quantitative estimate of drug-likeness (QED) is 0.621. The van der Waals surface area contributed by atoms with Crippen molar-refractivity contribution in [1.82, 2.24) is 9.13 Å². The molecule has 6 heteroatoms. The van der Waals surface area contributed by atoms with Crippen molar-refractivity contribution in [3.8, 4) is 23.5 Å². The molecule has 0 spiro atoms. The van der Waals surface area contributed by atoms with Crippen LogP contribution in [0.3, 0.4) is 0 Å². The van der Waals surface area contributed by atoms with Crippen LogP contribution in [0.2, 0.25) is 0 Å². The molecule has 0 radical (unpaired) electrons. The molecular weight excluding hydrogens is 356 g/mol. The Balaban J connectivity index is 1.57. The molecule has 3 atom stereocenters. The van der Waals surface area contributed by atoms with Crippen LogP contribution >= 0.6 is 0 Å². The van der Waals surface area contributed by atoms with E-state index in [9.17, 15) is 20.4 Å². The van der Waals surface area contributed by atoms with Crippen LogP contribution in [0, 0.1) is 10.8 Å². The van der Waals surface area contributed by atoms with E-state index in [0.717, 1.165) is 30.4 Å². The summed E-state index contributed by atoms with van der Waals surface area (Å²) in [6.45, 7) is 7.42. The highest BCUT2D eigenvalue weighted by Crippen LogP contribution is 2.66. The normalized spacial score (nSPS) is 29.9. The van der Waals surface area contributed by atoms with Crippen molar-refractivity contribution in [3.63, 3.8) is 0 Å². The van der Waals surface area contributed by atoms with Gasteiger partial charge in [-0.05, 0) is 36.5 Å². The van der Waals surface area contributed by atoms with Gasteiger partial charge in [-0.1, -0.05) is 27.2 Å². The highest BCUT2D eigenvalue weighted by atomic mass is 16.3. The van der Waals surface area contributed by atoms with Crippen molar-refractivity contribution >= 4 is 0 Å². The van der Waals surface area contributed by atoms with Gasteiger partial charge in [0.15, 0.2) is 23.5 Å². The fraction of sp³-hybridized carbons (Fsp3) is 0.636. The molecule has 4 N–H and O–H groups in total. The summed E-state index contributed by atoms with van der Waals surface area (Å²) in [5, 5.41) is 43.1. The van der Waals surface area contributed by atoms with E-state index in [-0.39, 0.29) is 46.2 Å². The van der Waals surface area contributed by atoms with Crippen molar-refractivity contribution in [2.45, 2.75) is 71.3 Å². The van der Waals surface area contributed by atoms with Gasteiger partial charge in [0, 0.05) is 47.7 Å². The second-order valence-electron chi connectivity index (χ2n) is 10.4. The largest absolute Gasteiger partial charge is 0.494 e. The van der Waals surface area contributed by atoms with Crippen molar-refractivity contribution in [2.75, 3.05) is 0 Å². The summed E-state index contributed by atoms with van der Waals surface area (Å²) in [5.41, 5.74) is 3.15. The number of hydrogen-bond acceptors (Lipinski definition) is 4. The number of rotatable bonds is 2. The first-order chi connectivity index (χ1) is 13.0. The van der Waals surface area contributed by atoms with Crippen LogP contribution in [-0.4, -0.2) is 29.6 Å². The monoisotopic (exact) mass is 386 g/mol. The molecule has 28 heavy (non-hydrogen) atoms. The summed E-state index contributed by atoms with van der Waals surface area (Å²) in [4.78, 5) is 0. The Morgan fingerprint density at radius 1 is 0.821 bits per heavy atom. The summed E-state index contributed by atoms with van der Waals surface area (Å²) >= 11 is 0. The van der Waals surface area contributed by atoms with Crippen LogP contribution in [0.1, 0.15) is 87.0 Å². The van der Waals surface area contributed by atoms with E-state index in [1.807, 2.05) is 0 Å². The number of aromatic nitrogens is 2. The maximum absolute atomic E-state index is 11.1. The molecule has 6 nitrogen and oxygen atoms in total. The van der Waals surface area contributed by atoms with Gasteiger partial charge in [-0.2, -0.15) is 0 Å². The Morgan fingerprint density at radius 3 is 1.82 bits per heavy atom. The van der Waals surface area contributed by atoms with Gasteiger partial charge in [-0.25, -0.2) is 0 Å². The van der Waals surface area contributed by atoms with E-state index in [1.165, 1.54) is 11.0 Å². The van der Waals surface area contributed by atoms with Gasteiger partial charge in [0.05, 0.1) is 0 Å². The average Bonchev–Trinajstić information content (AvgIpc) is 3.28. The number of nitrogens with zero attached hydrogens (tertiary/aromatic N) is 2. The molecule has 3 aliphatic rings. The highest BCUT2D eigenvalue weighted by molar-refractivity contribution is 5.70. The Morgan fingerprint density at radius 2 is 1.32 bits per heavy atom. The maximum Gasteiger partial charge on any atom is 0.198 e. The van der Waals surface area contributed by atoms with Gasteiger partial charge < -0.3 is 20.4 Å². The SMILES string of the molecule is Cn1c(O)c2c(c1O)C1CC2c2c1c(O)n(CC1(C)CCCC(C)(C)C1)c2O. The van der Waals surface area contributed by atoms with Crippen LogP contribution < -0.4 is 0 Å². The minimum Gasteiger partial charge on any atom is -0.494 e. The van der Waals surface area contributed by atoms with Gasteiger partial charge in [-0.15, -0.1) is 0 Å². The third-order valence-corrected chi connectivity index (χ3v) is 7.64. The molecule has 0 aliphatic heterocycles. The summed E-state index contributed by atoms with van der Waals surface area (Å²) in [7, 11) is 1.62. The Hall–Kier alpha value is -2.24. The van der Waals surface area contributed by atoms with Gasteiger partial charge in [0.25, 0.3) is 0 Å². The molecule has 0 saturated heterocycles. The van der Waals surface area contributed by atoms with Crippen molar-refractivity contribution in [3.05, 3.63) is 22.3 Å². The number of aromatic hydroxyl groups is 4. The van der Waals surface area contributed by atoms with Crippen LogP contribution in [0.25, 0.3) is 0 Å². The fourth-order valence-corrected chi connectivity index (χ4v) is 6.70. The molecule has 1 saturated carbocycles. The van der Waals surface area contributed by atoms with Crippen molar-refractivity contribution in [1.29, 1.82) is 0 Å². The summed E-state index contributed by atoms with van der Waals surface area (Å²) < 4.78 is 3.05. The predicted molar refractivity (Wildman–Crippen MR) is 105 cm³/mol. The first-order valence-electron chi connectivity index (χ1n) is 10.3. The minimum atomic E-state index is -0.176. The molecule has 2 bridgehead atoms. The topological polar surface area (TPSA) is 90.8 Å². The molecule has 3 unspecified atom stereocenters. The van der Waals surface area contributed by atoms with Crippen LogP contribution in [0.15, 0.2) is 0 Å². The molecule has 2 aromatic rings. The Kier molecular flexibility index (Phi) is 3.32. The van der Waals surface area contributed by atoms with E-state index in [0.29, 0.717) is 24.1 Å². The molecule has 2 aromatic heterocycles. The van der Waals surface area contributed by atoms with E-state index in [2.05, 4.69) is 20.8 Å². The first kappa shape index (κ1) is 17.8. The van der Waals surface area contributed by atoms with Crippen LogP contribution in [0.4, 0.5) is 0 Å². The lowest BCUT2D eigenvalue weighted by Crippen LogP contribution is -2.34. The summed E-state index contributed by atoms with van der Waals surface area (Å²) in [6, 6.07) is 0. The Labute approximate surface area is 165 Å². The zero-order valence-corrected chi connectivity index (χ0v) is 17.1. The molecule has 5 rings (SSSR count). The van der Waals surface area contributed by atoms with E-state index in [4.69, 9.17) is 0 Å². The van der Waals surface area contributed by atoms with E-state index in [1.54, 1.807) is 11.6 Å². The molecule has 1 fully saturated rings. The lowest BCUT2D eigenvalue weighted by Gasteiger charge is -2.43. The second-order valence-corrected chi connectivity index (χ2v) is 10.4. The first-order valence-corrected chi connectivity index (χ1v) is 10.3. The fourth-order valence-electron chi connectivity index (χ4n) is 6.70. The van der Waals surface area contributed by atoms with E-state index >= 15 is 0 Å². The molecule has 3 aliphatic carbocycles.